The topological polar surface area (TPSA) is 49.3 Å². The smallest absolute Gasteiger partial charge is 0.261 e. The van der Waals surface area contributed by atoms with E-state index in [2.05, 4.69) is 24.1 Å². The summed E-state index contributed by atoms with van der Waals surface area (Å²) in [6.45, 7) is 4.75. The van der Waals surface area contributed by atoms with Crippen LogP contribution >= 0.6 is 11.3 Å². The van der Waals surface area contributed by atoms with Crippen molar-refractivity contribution in [2.45, 2.75) is 20.3 Å². The molecular weight excluding hydrogens is 246 g/mol. The van der Waals surface area contributed by atoms with Gasteiger partial charge in [0, 0.05) is 6.54 Å². The van der Waals surface area contributed by atoms with Crippen molar-refractivity contribution in [3.05, 3.63) is 21.4 Å². The van der Waals surface area contributed by atoms with E-state index in [1.54, 1.807) is 0 Å². The molecule has 2 atom stereocenters. The summed E-state index contributed by atoms with van der Waals surface area (Å²) >= 11 is 1.38. The lowest BCUT2D eigenvalue weighted by atomic mass is 10.2. The zero-order valence-electron chi connectivity index (χ0n) is 10.6. The maximum Gasteiger partial charge on any atom is 0.261 e. The molecule has 2 unspecified atom stereocenters. The highest BCUT2D eigenvalue weighted by molar-refractivity contribution is 7.14. The number of nitrogens with one attached hydrogen (secondary N) is 1. The molecule has 2 rings (SSSR count). The Labute approximate surface area is 111 Å². The standard InChI is InChI=1S/C14H17NO2S/c1-9-6-11(9)8-15-14(17)13-7-10(2)12(18-13)4-3-5-16/h7,9,11,16H,5-6,8H2,1-2H3,(H,15,17). The van der Waals surface area contributed by atoms with Crippen LogP contribution in [0.4, 0.5) is 0 Å². The van der Waals surface area contributed by atoms with Crippen LogP contribution in [-0.4, -0.2) is 24.2 Å². The van der Waals surface area contributed by atoms with Crippen LogP contribution in [0.2, 0.25) is 0 Å². The third-order valence-corrected chi connectivity index (χ3v) is 4.37. The Bertz CT molecular complexity index is 510. The first-order valence-corrected chi connectivity index (χ1v) is 6.91. The number of amides is 1. The van der Waals surface area contributed by atoms with E-state index in [0.717, 1.165) is 22.9 Å². The second-order valence-corrected chi connectivity index (χ2v) is 5.82. The number of aliphatic hydroxyl groups is 1. The molecular formula is C14H17NO2S. The van der Waals surface area contributed by atoms with Gasteiger partial charge in [-0.3, -0.25) is 4.79 Å². The Morgan fingerprint density at radius 2 is 2.39 bits per heavy atom. The van der Waals surface area contributed by atoms with E-state index < -0.39 is 0 Å². The highest BCUT2D eigenvalue weighted by Crippen LogP contribution is 2.36. The number of aliphatic hydroxyl groups excluding tert-OH is 1. The van der Waals surface area contributed by atoms with E-state index >= 15 is 0 Å². The van der Waals surface area contributed by atoms with Crippen molar-refractivity contribution in [2.24, 2.45) is 11.8 Å². The number of carbonyl (C=O) groups excluding carboxylic acids is 1. The summed E-state index contributed by atoms with van der Waals surface area (Å²) in [6, 6.07) is 1.86. The normalized spacial score (nSPS) is 21.1. The molecule has 0 spiro atoms. The first-order chi connectivity index (χ1) is 8.61. The van der Waals surface area contributed by atoms with Crippen LogP contribution < -0.4 is 5.32 Å². The lowest BCUT2D eigenvalue weighted by Gasteiger charge is -2.01. The molecule has 1 fully saturated rings. The second kappa shape index (κ2) is 5.55. The van der Waals surface area contributed by atoms with E-state index in [-0.39, 0.29) is 12.5 Å². The number of thiophene rings is 1. The van der Waals surface area contributed by atoms with Crippen molar-refractivity contribution in [1.82, 2.24) is 5.32 Å². The Morgan fingerprint density at radius 3 is 3.00 bits per heavy atom. The van der Waals surface area contributed by atoms with Crippen LogP contribution in [0.1, 0.15) is 33.5 Å². The monoisotopic (exact) mass is 263 g/mol. The number of hydrogen-bond donors (Lipinski definition) is 2. The van der Waals surface area contributed by atoms with E-state index in [9.17, 15) is 4.79 Å². The fourth-order valence-electron chi connectivity index (χ4n) is 1.83. The van der Waals surface area contributed by atoms with Gasteiger partial charge in [0.05, 0.1) is 9.75 Å². The summed E-state index contributed by atoms with van der Waals surface area (Å²) in [6.07, 6.45) is 1.22. The first kappa shape index (κ1) is 13.1. The van der Waals surface area contributed by atoms with Gasteiger partial charge in [-0.1, -0.05) is 18.8 Å². The van der Waals surface area contributed by atoms with Crippen molar-refractivity contribution in [3.8, 4) is 11.8 Å². The number of hydrogen-bond acceptors (Lipinski definition) is 3. The van der Waals surface area contributed by atoms with E-state index in [4.69, 9.17) is 5.11 Å². The van der Waals surface area contributed by atoms with Crippen molar-refractivity contribution >= 4 is 17.2 Å². The fraction of sp³-hybridized carbons (Fsp3) is 0.500. The van der Waals surface area contributed by atoms with Gasteiger partial charge >= 0.3 is 0 Å². The van der Waals surface area contributed by atoms with Crippen molar-refractivity contribution in [2.75, 3.05) is 13.2 Å². The van der Waals surface area contributed by atoms with Crippen LogP contribution in [0, 0.1) is 30.6 Å². The molecule has 0 saturated heterocycles. The quantitative estimate of drug-likeness (QED) is 0.817. The third kappa shape index (κ3) is 3.12. The molecule has 2 N–H and O–H groups in total. The minimum absolute atomic E-state index is 0.0146. The SMILES string of the molecule is Cc1cc(C(=O)NCC2CC2C)sc1C#CCO. The first-order valence-electron chi connectivity index (χ1n) is 6.10. The number of aryl methyl sites for hydroxylation is 1. The van der Waals surface area contributed by atoms with Crippen LogP contribution in [0.25, 0.3) is 0 Å². The molecule has 0 bridgehead atoms. The largest absolute Gasteiger partial charge is 0.384 e. The molecule has 1 heterocycles. The van der Waals surface area contributed by atoms with Crippen LogP contribution in [0.3, 0.4) is 0 Å². The molecule has 1 aromatic heterocycles. The highest BCUT2D eigenvalue weighted by Gasteiger charge is 2.32. The lowest BCUT2D eigenvalue weighted by molar-refractivity contribution is 0.0955. The molecule has 0 aliphatic heterocycles. The summed E-state index contributed by atoms with van der Waals surface area (Å²) in [5, 5.41) is 11.6. The van der Waals surface area contributed by atoms with E-state index in [1.807, 2.05) is 13.0 Å². The molecule has 1 saturated carbocycles. The Morgan fingerprint density at radius 1 is 1.67 bits per heavy atom. The second-order valence-electron chi connectivity index (χ2n) is 4.77. The van der Waals surface area contributed by atoms with Crippen molar-refractivity contribution in [1.29, 1.82) is 0 Å². The molecule has 1 aromatic rings. The summed E-state index contributed by atoms with van der Waals surface area (Å²) in [4.78, 5) is 13.5. The Kier molecular flexibility index (Phi) is 4.05. The lowest BCUT2D eigenvalue weighted by Crippen LogP contribution is -2.25. The molecule has 1 amide bonds. The van der Waals surface area contributed by atoms with Crippen LogP contribution in [-0.2, 0) is 0 Å². The zero-order valence-corrected chi connectivity index (χ0v) is 11.4. The van der Waals surface area contributed by atoms with Gasteiger partial charge < -0.3 is 10.4 Å². The van der Waals surface area contributed by atoms with Gasteiger partial charge in [-0.05, 0) is 36.8 Å². The molecule has 3 nitrogen and oxygen atoms in total. The predicted octanol–water partition coefficient (Wildman–Crippen LogP) is 1.79. The van der Waals surface area contributed by atoms with E-state index in [0.29, 0.717) is 10.8 Å². The average molecular weight is 263 g/mol. The molecule has 18 heavy (non-hydrogen) atoms. The molecule has 4 heteroatoms. The van der Waals surface area contributed by atoms with Gasteiger partial charge in [0.2, 0.25) is 0 Å². The number of rotatable bonds is 3. The average Bonchev–Trinajstić information content (AvgIpc) is 2.92. The third-order valence-electron chi connectivity index (χ3n) is 3.22. The van der Waals surface area contributed by atoms with Gasteiger partial charge in [-0.25, -0.2) is 0 Å². The summed E-state index contributed by atoms with van der Waals surface area (Å²) < 4.78 is 0. The minimum Gasteiger partial charge on any atom is -0.384 e. The molecule has 96 valence electrons. The molecule has 1 aliphatic rings. The van der Waals surface area contributed by atoms with Gasteiger partial charge in [0.25, 0.3) is 5.91 Å². The molecule has 0 radical (unpaired) electrons. The zero-order chi connectivity index (χ0) is 13.1. The minimum atomic E-state index is -0.154. The Hall–Kier alpha value is -1.31. The fourth-order valence-corrected chi connectivity index (χ4v) is 2.80. The predicted molar refractivity (Wildman–Crippen MR) is 72.6 cm³/mol. The Balaban J connectivity index is 1.97. The van der Waals surface area contributed by atoms with Crippen LogP contribution in [0.5, 0.6) is 0 Å². The van der Waals surface area contributed by atoms with Crippen molar-refractivity contribution < 1.29 is 9.90 Å². The summed E-state index contributed by atoms with van der Waals surface area (Å²) in [5.74, 6) is 6.86. The summed E-state index contributed by atoms with van der Waals surface area (Å²) in [5.41, 5.74) is 0.992. The van der Waals surface area contributed by atoms with E-state index in [1.165, 1.54) is 17.8 Å². The maximum atomic E-state index is 11.9. The highest BCUT2D eigenvalue weighted by atomic mass is 32.1. The van der Waals surface area contributed by atoms with Gasteiger partial charge in [0.1, 0.15) is 6.61 Å². The van der Waals surface area contributed by atoms with Gasteiger partial charge in [-0.2, -0.15) is 0 Å². The van der Waals surface area contributed by atoms with Gasteiger partial charge in [0.15, 0.2) is 0 Å². The van der Waals surface area contributed by atoms with Gasteiger partial charge in [-0.15, -0.1) is 11.3 Å². The number of carbonyl (C=O) groups is 1. The molecule has 0 aromatic carbocycles. The maximum absolute atomic E-state index is 11.9. The van der Waals surface area contributed by atoms with Crippen molar-refractivity contribution in [3.63, 3.8) is 0 Å². The molecule has 1 aliphatic carbocycles. The summed E-state index contributed by atoms with van der Waals surface area (Å²) in [7, 11) is 0. The van der Waals surface area contributed by atoms with Crippen LogP contribution in [0.15, 0.2) is 6.07 Å².